The quantitative estimate of drug-likeness (QED) is 0.442. The number of fused-ring (bicyclic) bond motifs is 2. The third-order valence-electron chi connectivity index (χ3n) is 1.43. The summed E-state index contributed by atoms with van der Waals surface area (Å²) < 4.78 is 3.31. The van der Waals surface area contributed by atoms with Crippen LogP contribution in [0.5, 0.6) is 0 Å². The van der Waals surface area contributed by atoms with E-state index in [9.17, 15) is 0 Å². The first-order valence-corrected chi connectivity index (χ1v) is 5.50. The van der Waals surface area contributed by atoms with E-state index in [1.54, 1.807) is 8.81 Å². The number of allylic oxidation sites excluding steroid dienone is 6. The van der Waals surface area contributed by atoms with Crippen LogP contribution >= 0.6 is 0 Å². The first-order valence-electron chi connectivity index (χ1n) is 2.53. The van der Waals surface area contributed by atoms with Crippen LogP contribution in [-0.2, 0) is 0 Å². The molecule has 34 valence electrons. The molecule has 2 rings (SSSR count). The molecule has 0 fully saturated rings. The van der Waals surface area contributed by atoms with Crippen molar-refractivity contribution in [3.63, 3.8) is 0 Å². The second-order valence-corrected chi connectivity index (χ2v) is 6.16. The Kier molecular flexibility index (Phi) is 0.601. The second-order valence-electron chi connectivity index (χ2n) is 1.99. The summed E-state index contributed by atoms with van der Waals surface area (Å²) in [5.41, 5.74) is 0. The van der Waals surface area contributed by atoms with Crippen LogP contribution in [0, 0.1) is 0 Å². The maximum absolute atomic E-state index is 2.26. The zero-order chi connectivity index (χ0) is 4.69. The summed E-state index contributed by atoms with van der Waals surface area (Å²) in [6.07, 6.45) is 9.04. The Morgan fingerprint density at radius 1 is 1.00 bits per heavy atom. The van der Waals surface area contributed by atoms with Crippen LogP contribution in [0.25, 0.3) is 0 Å². The predicted molar refractivity (Wildman–Crippen MR) is 33.8 cm³/mol. The van der Waals surface area contributed by atoms with Crippen LogP contribution < -0.4 is 0 Å². The fourth-order valence-electron chi connectivity index (χ4n) is 1.01. The monoisotopic (exact) mass is 152 g/mol. The molecule has 7 heavy (non-hydrogen) atoms. The Balaban J connectivity index is 2.65. The normalized spacial score (nSPS) is 22.9. The Bertz CT molecular complexity index is 164. The van der Waals surface area contributed by atoms with Gasteiger partial charge in [0.05, 0.1) is 0 Å². The van der Waals surface area contributed by atoms with Gasteiger partial charge in [0.15, 0.2) is 0 Å². The molecule has 0 aromatic carbocycles. The van der Waals surface area contributed by atoms with Crippen molar-refractivity contribution < 1.29 is 0 Å². The summed E-state index contributed by atoms with van der Waals surface area (Å²) in [7, 11) is 0. The van der Waals surface area contributed by atoms with E-state index < -0.39 is 0 Å². The van der Waals surface area contributed by atoms with Gasteiger partial charge in [-0.3, -0.25) is 0 Å². The molecule has 0 aliphatic carbocycles. The van der Waals surface area contributed by atoms with E-state index in [1.807, 2.05) is 0 Å². The van der Waals surface area contributed by atoms with Gasteiger partial charge in [-0.25, -0.2) is 0 Å². The summed E-state index contributed by atoms with van der Waals surface area (Å²) >= 11 is -0.264. The molecule has 0 aromatic rings. The molecule has 0 amide bonds. The molecule has 0 N–H and O–H groups in total. The Labute approximate surface area is 49.1 Å². The van der Waals surface area contributed by atoms with Crippen molar-refractivity contribution in [1.82, 2.24) is 0 Å². The van der Waals surface area contributed by atoms with Crippen LogP contribution in [0.3, 0.4) is 0 Å². The van der Waals surface area contributed by atoms with Gasteiger partial charge >= 0.3 is 48.5 Å². The average Bonchev–Trinajstić information content (AvgIpc) is 2.22. The standard InChI is InChI=1S/C6H6Ge/c1-2-6-4-3-5(1)7-6/h1-4H,7H2. The number of hydrogen-bond acceptors (Lipinski definition) is 0. The van der Waals surface area contributed by atoms with E-state index >= 15 is 0 Å². The van der Waals surface area contributed by atoms with Gasteiger partial charge in [0.25, 0.3) is 0 Å². The maximum atomic E-state index is 2.26. The van der Waals surface area contributed by atoms with Crippen molar-refractivity contribution in [3.8, 4) is 0 Å². The van der Waals surface area contributed by atoms with Crippen molar-refractivity contribution in [2.45, 2.75) is 0 Å². The molecular formula is C6H6Ge. The van der Waals surface area contributed by atoms with Crippen molar-refractivity contribution in [3.05, 3.63) is 33.1 Å². The van der Waals surface area contributed by atoms with E-state index in [-0.39, 0.29) is 15.4 Å². The van der Waals surface area contributed by atoms with Crippen LogP contribution in [-0.4, -0.2) is 15.4 Å². The van der Waals surface area contributed by atoms with Gasteiger partial charge in [-0.05, 0) is 0 Å². The molecule has 0 saturated carbocycles. The topological polar surface area (TPSA) is 0 Å². The SMILES string of the molecule is C1=C[C]2=CC=[C]1[GeH2]2. The van der Waals surface area contributed by atoms with Gasteiger partial charge in [-0.15, -0.1) is 0 Å². The fourth-order valence-corrected chi connectivity index (χ4v) is 3.98. The van der Waals surface area contributed by atoms with E-state index in [1.165, 1.54) is 0 Å². The Morgan fingerprint density at radius 2 is 1.57 bits per heavy atom. The third-order valence-corrected chi connectivity index (χ3v) is 5.12. The molecule has 0 radical (unpaired) electrons. The first kappa shape index (κ1) is 3.73. The Hall–Kier alpha value is -0.237. The van der Waals surface area contributed by atoms with Gasteiger partial charge in [-0.1, -0.05) is 0 Å². The summed E-state index contributed by atoms with van der Waals surface area (Å²) in [5.74, 6) is 0. The predicted octanol–water partition coefficient (Wildman–Crippen LogP) is 0.506. The van der Waals surface area contributed by atoms with Crippen LogP contribution in [0.4, 0.5) is 0 Å². The molecule has 0 spiro atoms. The van der Waals surface area contributed by atoms with Crippen molar-refractivity contribution in [1.29, 1.82) is 0 Å². The second kappa shape index (κ2) is 1.13. The minimum absolute atomic E-state index is 0.264. The molecule has 0 aromatic heterocycles. The van der Waals surface area contributed by atoms with Gasteiger partial charge in [0.1, 0.15) is 0 Å². The summed E-state index contributed by atoms with van der Waals surface area (Å²) in [5, 5.41) is 0. The fraction of sp³-hybridized carbons (Fsp3) is 0. The number of rotatable bonds is 0. The van der Waals surface area contributed by atoms with Gasteiger partial charge in [0.2, 0.25) is 0 Å². The first-order chi connectivity index (χ1) is 3.45. The average molecular weight is 151 g/mol. The van der Waals surface area contributed by atoms with E-state index in [4.69, 9.17) is 0 Å². The molecule has 2 bridgehead atoms. The van der Waals surface area contributed by atoms with E-state index in [0.29, 0.717) is 0 Å². The molecule has 0 nitrogen and oxygen atoms in total. The van der Waals surface area contributed by atoms with Crippen LogP contribution in [0.1, 0.15) is 0 Å². The molecule has 0 unspecified atom stereocenters. The van der Waals surface area contributed by atoms with Crippen LogP contribution in [0.2, 0.25) is 0 Å². The van der Waals surface area contributed by atoms with Gasteiger partial charge < -0.3 is 0 Å². The zero-order valence-corrected chi connectivity index (χ0v) is 6.98. The van der Waals surface area contributed by atoms with Gasteiger partial charge in [0, 0.05) is 0 Å². The van der Waals surface area contributed by atoms with Crippen LogP contribution in [0.15, 0.2) is 33.1 Å². The Morgan fingerprint density at radius 3 is 1.71 bits per heavy atom. The number of hydrogen-bond donors (Lipinski definition) is 0. The molecule has 2 heterocycles. The molecule has 0 saturated heterocycles. The van der Waals surface area contributed by atoms with Crippen molar-refractivity contribution in [2.24, 2.45) is 0 Å². The zero-order valence-electron chi connectivity index (χ0n) is 4.02. The molecule has 2 aliphatic rings. The summed E-state index contributed by atoms with van der Waals surface area (Å²) in [6, 6.07) is 0. The van der Waals surface area contributed by atoms with E-state index in [0.717, 1.165) is 0 Å². The third kappa shape index (κ3) is 0.431. The molecule has 2 aliphatic heterocycles. The molecule has 1 heteroatoms. The molecule has 0 atom stereocenters. The van der Waals surface area contributed by atoms with E-state index in [2.05, 4.69) is 24.3 Å². The van der Waals surface area contributed by atoms with Crippen molar-refractivity contribution >= 4 is 15.4 Å². The van der Waals surface area contributed by atoms with Gasteiger partial charge in [-0.2, -0.15) is 0 Å². The molecular weight excluding hydrogens is 145 g/mol. The van der Waals surface area contributed by atoms with Crippen molar-refractivity contribution in [2.75, 3.05) is 0 Å². The summed E-state index contributed by atoms with van der Waals surface area (Å²) in [6.45, 7) is 0. The minimum atomic E-state index is -0.264. The summed E-state index contributed by atoms with van der Waals surface area (Å²) in [4.78, 5) is 0.